The van der Waals surface area contributed by atoms with Crippen LogP contribution in [0, 0.1) is 0 Å². The Kier molecular flexibility index (Phi) is 2.60. The van der Waals surface area contributed by atoms with Crippen molar-refractivity contribution in [1.82, 2.24) is 0 Å². The summed E-state index contributed by atoms with van der Waals surface area (Å²) in [6, 6.07) is 0. The van der Waals surface area contributed by atoms with Crippen LogP contribution in [-0.4, -0.2) is 6.29 Å². The molecule has 0 aliphatic heterocycles. The Balaban J connectivity index is 3.07. The fourth-order valence-electron chi connectivity index (χ4n) is 0.764. The van der Waals surface area contributed by atoms with Gasteiger partial charge < -0.3 is 0 Å². The molecule has 1 aliphatic carbocycles. The van der Waals surface area contributed by atoms with Crippen molar-refractivity contribution in [2.45, 2.75) is 6.42 Å². The van der Waals surface area contributed by atoms with E-state index in [-0.39, 0.29) is 10.6 Å². The fourth-order valence-corrected chi connectivity index (χ4v) is 0.958. The molecule has 0 fully saturated rings. The van der Waals surface area contributed by atoms with Crippen LogP contribution < -0.4 is 0 Å². The molecule has 0 unspecified atom stereocenters. The van der Waals surface area contributed by atoms with Crippen molar-refractivity contribution < 1.29 is 9.18 Å². The normalized spacial score (nSPS) is 17.8. The number of aldehydes is 1. The summed E-state index contributed by atoms with van der Waals surface area (Å²) in [6.45, 7) is 0. The maximum absolute atomic E-state index is 12.9. The molecular formula is C8H6ClFO. The molecule has 0 heterocycles. The molecule has 0 bridgehead atoms. The van der Waals surface area contributed by atoms with Gasteiger partial charge in [0.25, 0.3) is 0 Å². The summed E-state index contributed by atoms with van der Waals surface area (Å²) in [4.78, 5) is 10.3. The first-order chi connectivity index (χ1) is 5.25. The van der Waals surface area contributed by atoms with Crippen LogP contribution in [0.5, 0.6) is 0 Å². The lowest BCUT2D eigenvalue weighted by molar-refractivity contribution is -0.105. The predicted molar refractivity (Wildman–Crippen MR) is 41.9 cm³/mol. The maximum atomic E-state index is 12.9. The number of rotatable bonds is 1. The van der Waals surface area contributed by atoms with Crippen LogP contribution in [0.15, 0.2) is 34.7 Å². The van der Waals surface area contributed by atoms with E-state index in [9.17, 15) is 9.18 Å². The van der Waals surface area contributed by atoms with Gasteiger partial charge >= 0.3 is 0 Å². The highest BCUT2D eigenvalue weighted by Gasteiger charge is 2.09. The molecule has 0 aromatic heterocycles. The largest absolute Gasteiger partial charge is 0.298 e. The minimum atomic E-state index is -0.619. The Labute approximate surface area is 68.8 Å². The van der Waals surface area contributed by atoms with Gasteiger partial charge in [0.2, 0.25) is 0 Å². The smallest absolute Gasteiger partial charge is 0.149 e. The number of carbonyl (C=O) groups excluding carboxylic acids is 1. The average molecular weight is 173 g/mol. The lowest BCUT2D eigenvalue weighted by atomic mass is 10.2. The van der Waals surface area contributed by atoms with Crippen molar-refractivity contribution >= 4 is 17.9 Å². The Morgan fingerprint density at radius 3 is 3.00 bits per heavy atom. The summed E-state index contributed by atoms with van der Waals surface area (Å²) in [7, 11) is 0. The number of carbonyl (C=O) groups is 1. The molecular weight excluding hydrogens is 167 g/mol. The minimum absolute atomic E-state index is 0.0131. The van der Waals surface area contributed by atoms with Crippen LogP contribution in [0.1, 0.15) is 6.42 Å². The van der Waals surface area contributed by atoms with E-state index in [0.29, 0.717) is 12.7 Å². The van der Waals surface area contributed by atoms with Crippen LogP contribution in [0.3, 0.4) is 0 Å². The Bertz CT molecular complexity index is 263. The quantitative estimate of drug-likeness (QED) is 0.556. The van der Waals surface area contributed by atoms with Gasteiger partial charge in [0.05, 0.1) is 5.03 Å². The third-order valence-corrected chi connectivity index (χ3v) is 1.64. The van der Waals surface area contributed by atoms with Crippen LogP contribution in [0.4, 0.5) is 4.39 Å². The van der Waals surface area contributed by atoms with Gasteiger partial charge in [0, 0.05) is 5.57 Å². The highest BCUT2D eigenvalue weighted by Crippen LogP contribution is 2.23. The van der Waals surface area contributed by atoms with Crippen molar-refractivity contribution in [3.8, 4) is 0 Å². The molecule has 0 saturated carbocycles. The van der Waals surface area contributed by atoms with E-state index in [1.807, 2.05) is 0 Å². The van der Waals surface area contributed by atoms with E-state index in [1.165, 1.54) is 6.08 Å². The second-order valence-electron chi connectivity index (χ2n) is 2.10. The Morgan fingerprint density at radius 1 is 1.64 bits per heavy atom. The molecule has 0 aromatic carbocycles. The molecule has 1 aliphatic rings. The number of halogens is 2. The van der Waals surface area contributed by atoms with Crippen LogP contribution in [-0.2, 0) is 4.79 Å². The zero-order valence-corrected chi connectivity index (χ0v) is 6.44. The molecule has 0 N–H and O–H groups in total. The van der Waals surface area contributed by atoms with E-state index in [2.05, 4.69) is 0 Å². The Morgan fingerprint density at radius 2 is 2.36 bits per heavy atom. The summed E-state index contributed by atoms with van der Waals surface area (Å²) >= 11 is 5.46. The average Bonchev–Trinajstić information content (AvgIpc) is 2.16. The first-order valence-corrected chi connectivity index (χ1v) is 3.50. The highest BCUT2D eigenvalue weighted by molar-refractivity contribution is 6.32. The van der Waals surface area contributed by atoms with Gasteiger partial charge in [0.1, 0.15) is 12.1 Å². The first kappa shape index (κ1) is 8.21. The van der Waals surface area contributed by atoms with Crippen molar-refractivity contribution in [3.63, 3.8) is 0 Å². The molecule has 0 saturated heterocycles. The van der Waals surface area contributed by atoms with Gasteiger partial charge in [-0.3, -0.25) is 4.79 Å². The minimum Gasteiger partial charge on any atom is -0.298 e. The zero-order valence-electron chi connectivity index (χ0n) is 5.68. The summed E-state index contributed by atoms with van der Waals surface area (Å²) in [5, 5.41) is -0.0131. The molecule has 1 nitrogen and oxygen atoms in total. The first-order valence-electron chi connectivity index (χ1n) is 3.12. The SMILES string of the molecule is O=CC1=C(F)C(Cl)=CC=CC1. The fraction of sp³-hybridized carbons (Fsp3) is 0.125. The molecule has 1 rings (SSSR count). The zero-order chi connectivity index (χ0) is 8.27. The molecule has 0 atom stereocenters. The summed E-state index contributed by atoms with van der Waals surface area (Å²) in [5.74, 6) is -0.619. The van der Waals surface area contributed by atoms with E-state index in [1.54, 1.807) is 12.2 Å². The monoisotopic (exact) mass is 172 g/mol. The van der Waals surface area contributed by atoms with Crippen molar-refractivity contribution in [1.29, 1.82) is 0 Å². The van der Waals surface area contributed by atoms with Gasteiger partial charge in [-0.05, 0) is 12.5 Å². The van der Waals surface area contributed by atoms with E-state index in [0.717, 1.165) is 0 Å². The van der Waals surface area contributed by atoms with Gasteiger partial charge in [-0.25, -0.2) is 4.39 Å². The van der Waals surface area contributed by atoms with Gasteiger partial charge in [0.15, 0.2) is 0 Å². The third-order valence-electron chi connectivity index (χ3n) is 1.35. The summed E-state index contributed by atoms with van der Waals surface area (Å²) < 4.78 is 12.9. The molecule has 0 spiro atoms. The standard InChI is InChI=1S/C8H6ClFO/c9-7-4-2-1-3-6(5-11)8(7)10/h1-2,4-5H,3H2. The summed E-state index contributed by atoms with van der Waals surface area (Å²) in [6.07, 6.45) is 5.52. The molecule has 3 heteroatoms. The second-order valence-corrected chi connectivity index (χ2v) is 2.51. The molecule has 11 heavy (non-hydrogen) atoms. The van der Waals surface area contributed by atoms with E-state index >= 15 is 0 Å². The number of hydrogen-bond acceptors (Lipinski definition) is 1. The maximum Gasteiger partial charge on any atom is 0.149 e. The predicted octanol–water partition coefficient (Wildman–Crippen LogP) is 2.49. The van der Waals surface area contributed by atoms with Crippen molar-refractivity contribution in [2.75, 3.05) is 0 Å². The van der Waals surface area contributed by atoms with Crippen molar-refractivity contribution in [2.24, 2.45) is 0 Å². The topological polar surface area (TPSA) is 17.1 Å². The van der Waals surface area contributed by atoms with Gasteiger partial charge in [-0.15, -0.1) is 0 Å². The Hall–Kier alpha value is -0.890. The van der Waals surface area contributed by atoms with E-state index in [4.69, 9.17) is 11.6 Å². The molecule has 0 amide bonds. The lowest BCUT2D eigenvalue weighted by Crippen LogP contribution is -1.86. The summed E-state index contributed by atoms with van der Waals surface area (Å²) in [5.41, 5.74) is 0.0972. The van der Waals surface area contributed by atoms with Crippen LogP contribution in [0.2, 0.25) is 0 Å². The van der Waals surface area contributed by atoms with Gasteiger partial charge in [-0.2, -0.15) is 0 Å². The molecule has 58 valence electrons. The van der Waals surface area contributed by atoms with Crippen molar-refractivity contribution in [3.05, 3.63) is 34.7 Å². The highest BCUT2D eigenvalue weighted by atomic mass is 35.5. The molecule has 0 aromatic rings. The third kappa shape index (κ3) is 1.77. The van der Waals surface area contributed by atoms with Gasteiger partial charge in [-0.1, -0.05) is 23.8 Å². The van der Waals surface area contributed by atoms with E-state index < -0.39 is 5.83 Å². The lowest BCUT2D eigenvalue weighted by Gasteiger charge is -1.95. The molecule has 0 radical (unpaired) electrons. The van der Waals surface area contributed by atoms with Crippen LogP contribution >= 0.6 is 11.6 Å². The number of allylic oxidation sites excluding steroid dienone is 6. The number of hydrogen-bond donors (Lipinski definition) is 0. The van der Waals surface area contributed by atoms with Crippen LogP contribution in [0.25, 0.3) is 0 Å². The second kappa shape index (κ2) is 3.49.